The van der Waals surface area contributed by atoms with Gasteiger partial charge in [0.05, 0.1) is 6.42 Å². The number of aliphatic carboxylic acids is 1. The summed E-state index contributed by atoms with van der Waals surface area (Å²) in [5.41, 5.74) is -2.11. The highest BCUT2D eigenvalue weighted by molar-refractivity contribution is 5.76. The molecule has 1 rings (SSSR count). The molecule has 0 saturated heterocycles. The molecular formula is C8H11F3N2O3. The smallest absolute Gasteiger partial charge is 0.411 e. The Morgan fingerprint density at radius 2 is 1.88 bits per heavy atom. The van der Waals surface area contributed by atoms with Crippen molar-refractivity contribution in [2.45, 2.75) is 31.0 Å². The fourth-order valence-corrected chi connectivity index (χ4v) is 1.15. The Morgan fingerprint density at radius 3 is 2.25 bits per heavy atom. The van der Waals surface area contributed by atoms with Gasteiger partial charge in [0, 0.05) is 6.54 Å². The van der Waals surface area contributed by atoms with Crippen molar-refractivity contribution in [3.05, 3.63) is 0 Å². The molecule has 3 N–H and O–H groups in total. The molecule has 0 aromatic heterocycles. The van der Waals surface area contributed by atoms with Gasteiger partial charge in [0.15, 0.2) is 0 Å². The summed E-state index contributed by atoms with van der Waals surface area (Å²) in [7, 11) is 0. The lowest BCUT2D eigenvalue weighted by molar-refractivity contribution is -0.162. The van der Waals surface area contributed by atoms with E-state index in [9.17, 15) is 22.8 Å². The molecule has 0 aliphatic heterocycles. The third kappa shape index (κ3) is 3.01. The number of nitrogens with one attached hydrogen (secondary N) is 2. The van der Waals surface area contributed by atoms with E-state index in [4.69, 9.17) is 5.11 Å². The van der Waals surface area contributed by atoms with Gasteiger partial charge in [0.25, 0.3) is 0 Å². The molecule has 1 saturated carbocycles. The molecule has 1 fully saturated rings. The Kier molecular flexibility index (Phi) is 3.30. The van der Waals surface area contributed by atoms with Gasteiger partial charge in [-0.05, 0) is 12.8 Å². The molecule has 0 heterocycles. The van der Waals surface area contributed by atoms with Gasteiger partial charge in [-0.2, -0.15) is 13.2 Å². The average Bonchev–Trinajstić information content (AvgIpc) is 2.83. The van der Waals surface area contributed by atoms with E-state index >= 15 is 0 Å². The second-order valence-electron chi connectivity index (χ2n) is 3.60. The van der Waals surface area contributed by atoms with Crippen LogP contribution in [0.15, 0.2) is 0 Å². The number of halogens is 3. The van der Waals surface area contributed by atoms with Crippen molar-refractivity contribution in [1.82, 2.24) is 10.6 Å². The first-order chi connectivity index (χ1) is 7.27. The fraction of sp³-hybridized carbons (Fsp3) is 0.750. The van der Waals surface area contributed by atoms with Crippen LogP contribution in [-0.4, -0.2) is 35.4 Å². The van der Waals surface area contributed by atoms with Crippen LogP contribution < -0.4 is 10.6 Å². The van der Waals surface area contributed by atoms with Crippen molar-refractivity contribution in [3.8, 4) is 0 Å². The molecule has 1 aliphatic carbocycles. The number of amides is 2. The molecule has 92 valence electrons. The van der Waals surface area contributed by atoms with Gasteiger partial charge in [-0.1, -0.05) is 0 Å². The predicted molar refractivity (Wildman–Crippen MR) is 46.8 cm³/mol. The number of hydrogen-bond acceptors (Lipinski definition) is 2. The summed E-state index contributed by atoms with van der Waals surface area (Å²) < 4.78 is 37.1. The van der Waals surface area contributed by atoms with E-state index < -0.39 is 23.7 Å². The summed E-state index contributed by atoms with van der Waals surface area (Å²) in [5, 5.41) is 12.1. The van der Waals surface area contributed by atoms with Gasteiger partial charge in [-0.3, -0.25) is 4.79 Å². The molecule has 0 unspecified atom stereocenters. The molecule has 0 bridgehead atoms. The van der Waals surface area contributed by atoms with Crippen LogP contribution in [-0.2, 0) is 4.79 Å². The van der Waals surface area contributed by atoms with Crippen molar-refractivity contribution in [1.29, 1.82) is 0 Å². The summed E-state index contributed by atoms with van der Waals surface area (Å²) in [5.74, 6) is -1.13. The first-order valence-corrected chi connectivity index (χ1v) is 4.61. The minimum absolute atomic E-state index is 0.136. The standard InChI is InChI=1S/C8H11F3N2O3/c9-8(10,11)7(2-3-7)13-6(16)12-4-1-5(14)15/h1-4H2,(H,14,15)(H2,12,13,16). The molecule has 2 amide bonds. The van der Waals surface area contributed by atoms with Crippen molar-refractivity contribution < 1.29 is 27.9 Å². The minimum atomic E-state index is -4.46. The predicted octanol–water partition coefficient (Wildman–Crippen LogP) is 0.855. The quantitative estimate of drug-likeness (QED) is 0.681. The number of carboxylic acid groups (broad SMARTS) is 1. The van der Waals surface area contributed by atoms with Crippen LogP contribution in [0, 0.1) is 0 Å². The lowest BCUT2D eigenvalue weighted by Crippen LogP contribution is -2.51. The Labute approximate surface area is 89.0 Å². The van der Waals surface area contributed by atoms with Gasteiger partial charge in [0.1, 0.15) is 5.54 Å². The molecule has 0 spiro atoms. The highest BCUT2D eigenvalue weighted by Crippen LogP contribution is 2.48. The second-order valence-corrected chi connectivity index (χ2v) is 3.60. The molecule has 1 aliphatic rings. The molecular weight excluding hydrogens is 229 g/mol. The van der Waals surface area contributed by atoms with Crippen LogP contribution in [0.2, 0.25) is 0 Å². The van der Waals surface area contributed by atoms with Crippen molar-refractivity contribution in [3.63, 3.8) is 0 Å². The van der Waals surface area contributed by atoms with Gasteiger partial charge < -0.3 is 15.7 Å². The van der Waals surface area contributed by atoms with Crippen LogP contribution in [0.25, 0.3) is 0 Å². The van der Waals surface area contributed by atoms with E-state index in [1.165, 1.54) is 0 Å². The maximum absolute atomic E-state index is 12.4. The summed E-state index contributed by atoms with van der Waals surface area (Å²) in [4.78, 5) is 21.1. The molecule has 0 aromatic carbocycles. The van der Waals surface area contributed by atoms with Gasteiger partial charge in [-0.25, -0.2) is 4.79 Å². The minimum Gasteiger partial charge on any atom is -0.481 e. The average molecular weight is 240 g/mol. The zero-order valence-corrected chi connectivity index (χ0v) is 8.23. The van der Waals surface area contributed by atoms with Crippen molar-refractivity contribution in [2.24, 2.45) is 0 Å². The number of rotatable bonds is 4. The Morgan fingerprint density at radius 1 is 1.31 bits per heavy atom. The number of carboxylic acids is 1. The van der Waals surface area contributed by atoms with Crippen LogP contribution in [0.4, 0.5) is 18.0 Å². The fourth-order valence-electron chi connectivity index (χ4n) is 1.15. The van der Waals surface area contributed by atoms with Gasteiger partial charge in [0.2, 0.25) is 0 Å². The van der Waals surface area contributed by atoms with Gasteiger partial charge >= 0.3 is 18.2 Å². The molecule has 8 heteroatoms. The van der Waals surface area contributed by atoms with E-state index in [1.807, 2.05) is 5.32 Å². The van der Waals surface area contributed by atoms with E-state index in [-0.39, 0.29) is 25.8 Å². The highest BCUT2D eigenvalue weighted by Gasteiger charge is 2.64. The van der Waals surface area contributed by atoms with Gasteiger partial charge in [-0.15, -0.1) is 0 Å². The monoisotopic (exact) mass is 240 g/mol. The maximum Gasteiger partial charge on any atom is 0.411 e. The third-order valence-electron chi connectivity index (χ3n) is 2.27. The molecule has 0 aromatic rings. The van der Waals surface area contributed by atoms with Crippen molar-refractivity contribution in [2.75, 3.05) is 6.54 Å². The SMILES string of the molecule is O=C(O)CCNC(=O)NC1(C(F)(F)F)CC1. The first-order valence-electron chi connectivity index (χ1n) is 4.61. The Hall–Kier alpha value is -1.47. The van der Waals surface area contributed by atoms with E-state index in [0.717, 1.165) is 0 Å². The van der Waals surface area contributed by atoms with Crippen LogP contribution >= 0.6 is 0 Å². The number of carbonyl (C=O) groups is 2. The zero-order valence-electron chi connectivity index (χ0n) is 8.23. The van der Waals surface area contributed by atoms with E-state index in [0.29, 0.717) is 0 Å². The normalized spacial score (nSPS) is 17.7. The Bertz CT molecular complexity index is 299. The first kappa shape index (κ1) is 12.6. The lowest BCUT2D eigenvalue weighted by atomic mass is 10.2. The van der Waals surface area contributed by atoms with Crippen molar-refractivity contribution >= 4 is 12.0 Å². The van der Waals surface area contributed by atoms with Crippen LogP contribution in [0.5, 0.6) is 0 Å². The zero-order chi connectivity index (χ0) is 12.4. The largest absolute Gasteiger partial charge is 0.481 e. The second kappa shape index (κ2) is 4.18. The number of urea groups is 1. The van der Waals surface area contributed by atoms with E-state index in [1.54, 1.807) is 0 Å². The number of hydrogen-bond donors (Lipinski definition) is 3. The molecule has 0 atom stereocenters. The van der Waals surface area contributed by atoms with Crippen LogP contribution in [0.3, 0.4) is 0 Å². The summed E-state index contributed by atoms with van der Waals surface area (Å²) in [6.45, 7) is -0.199. The summed E-state index contributed by atoms with van der Waals surface area (Å²) in [6.07, 6.45) is -5.06. The van der Waals surface area contributed by atoms with E-state index in [2.05, 4.69) is 5.32 Å². The number of carbonyl (C=O) groups excluding carboxylic acids is 1. The molecule has 0 radical (unpaired) electrons. The Balaban J connectivity index is 2.32. The maximum atomic E-state index is 12.4. The van der Waals surface area contributed by atoms with Crippen LogP contribution in [0.1, 0.15) is 19.3 Å². The summed E-state index contributed by atoms with van der Waals surface area (Å²) in [6, 6.07) is -0.990. The molecule has 5 nitrogen and oxygen atoms in total. The summed E-state index contributed by atoms with van der Waals surface area (Å²) >= 11 is 0. The highest BCUT2D eigenvalue weighted by atomic mass is 19.4. The lowest BCUT2D eigenvalue weighted by Gasteiger charge is -2.20. The third-order valence-corrected chi connectivity index (χ3v) is 2.27. The number of alkyl halides is 3. The topological polar surface area (TPSA) is 78.4 Å². The molecule has 16 heavy (non-hydrogen) atoms.